The maximum Gasteiger partial charge on any atom is 0.326 e. The van der Waals surface area contributed by atoms with Gasteiger partial charge in [0.15, 0.2) is 0 Å². The Hall–Kier alpha value is -3.36. The molecule has 2 N–H and O–H groups in total. The lowest BCUT2D eigenvalue weighted by atomic mass is 10.0. The van der Waals surface area contributed by atoms with E-state index in [1.165, 1.54) is 24.3 Å². The SMILES string of the molecule is O=C(Cc1cc(F)cc(F)c1)N[C@@H](Cc1ccccc1[N+](=O)[O-])C(=O)O. The molecule has 2 aromatic rings. The molecule has 0 saturated carbocycles. The lowest BCUT2D eigenvalue weighted by Gasteiger charge is -2.15. The van der Waals surface area contributed by atoms with Crippen molar-refractivity contribution in [1.29, 1.82) is 0 Å². The molecule has 0 aliphatic heterocycles. The molecule has 7 nitrogen and oxygen atoms in total. The number of hydrogen-bond acceptors (Lipinski definition) is 4. The van der Waals surface area contributed by atoms with E-state index >= 15 is 0 Å². The summed E-state index contributed by atoms with van der Waals surface area (Å²) in [7, 11) is 0. The number of nitro benzene ring substituents is 1. The van der Waals surface area contributed by atoms with Crippen LogP contribution < -0.4 is 5.32 Å². The van der Waals surface area contributed by atoms with Gasteiger partial charge in [-0.15, -0.1) is 0 Å². The molecule has 9 heteroatoms. The van der Waals surface area contributed by atoms with Gasteiger partial charge in [0.25, 0.3) is 5.69 Å². The lowest BCUT2D eigenvalue weighted by Crippen LogP contribution is -2.43. The molecule has 1 atom stereocenters. The molecule has 26 heavy (non-hydrogen) atoms. The highest BCUT2D eigenvalue weighted by Crippen LogP contribution is 2.19. The summed E-state index contributed by atoms with van der Waals surface area (Å²) in [6, 6.07) is 6.71. The van der Waals surface area contributed by atoms with Crippen LogP contribution in [0.5, 0.6) is 0 Å². The zero-order chi connectivity index (χ0) is 19.3. The highest BCUT2D eigenvalue weighted by atomic mass is 19.1. The van der Waals surface area contributed by atoms with Gasteiger partial charge in [0.2, 0.25) is 5.91 Å². The third kappa shape index (κ3) is 5.07. The van der Waals surface area contributed by atoms with Gasteiger partial charge in [-0.3, -0.25) is 14.9 Å². The number of nitrogens with zero attached hydrogens (tertiary/aromatic N) is 1. The Labute approximate surface area is 146 Å². The molecule has 0 aromatic heterocycles. The Bertz CT molecular complexity index is 837. The molecular formula is C17H14F2N2O5. The summed E-state index contributed by atoms with van der Waals surface area (Å²) in [5.74, 6) is -3.88. The number of carboxylic acid groups (broad SMARTS) is 1. The van der Waals surface area contributed by atoms with Gasteiger partial charge in [-0.1, -0.05) is 18.2 Å². The number of benzene rings is 2. The standard InChI is InChI=1S/C17H14F2N2O5/c18-12-5-10(6-13(19)9-12)7-16(22)20-14(17(23)24)8-11-3-1-2-4-15(11)21(25)26/h1-6,9,14H,7-8H2,(H,20,22)(H,23,24)/t14-/m0/s1. The van der Waals surface area contributed by atoms with Gasteiger partial charge in [-0.2, -0.15) is 0 Å². The summed E-state index contributed by atoms with van der Waals surface area (Å²) >= 11 is 0. The van der Waals surface area contributed by atoms with Crippen molar-refractivity contribution in [2.45, 2.75) is 18.9 Å². The van der Waals surface area contributed by atoms with Crippen LogP contribution >= 0.6 is 0 Å². The van der Waals surface area contributed by atoms with E-state index in [0.29, 0.717) is 6.07 Å². The molecule has 136 valence electrons. The topological polar surface area (TPSA) is 110 Å². The zero-order valence-electron chi connectivity index (χ0n) is 13.3. The van der Waals surface area contributed by atoms with Gasteiger partial charge >= 0.3 is 5.97 Å². The number of halogens is 2. The highest BCUT2D eigenvalue weighted by molar-refractivity contribution is 5.85. The number of nitrogens with one attached hydrogen (secondary N) is 1. The van der Waals surface area contributed by atoms with Gasteiger partial charge in [0.1, 0.15) is 17.7 Å². The van der Waals surface area contributed by atoms with Crippen LogP contribution in [0.15, 0.2) is 42.5 Å². The average molecular weight is 364 g/mol. The monoisotopic (exact) mass is 364 g/mol. The summed E-state index contributed by atoms with van der Waals surface area (Å²) in [5, 5.41) is 22.5. The first-order chi connectivity index (χ1) is 12.3. The number of hydrogen-bond donors (Lipinski definition) is 2. The van der Waals surface area contributed by atoms with Crippen molar-refractivity contribution in [3.8, 4) is 0 Å². The maximum atomic E-state index is 13.1. The number of carbonyl (C=O) groups is 2. The van der Waals surface area contributed by atoms with Crippen LogP contribution in [0.3, 0.4) is 0 Å². The Kier molecular flexibility index (Phi) is 5.94. The summed E-state index contributed by atoms with van der Waals surface area (Å²) < 4.78 is 26.3. The summed E-state index contributed by atoms with van der Waals surface area (Å²) in [5.41, 5.74) is -0.0861. The molecule has 0 aliphatic rings. The predicted octanol–water partition coefficient (Wildman–Crippen LogP) is 2.23. The molecular weight excluding hydrogens is 350 g/mol. The molecule has 0 unspecified atom stereocenters. The minimum atomic E-state index is -1.43. The van der Waals surface area contributed by atoms with Gasteiger partial charge in [0, 0.05) is 24.1 Å². The van der Waals surface area contributed by atoms with E-state index in [1.807, 2.05) is 0 Å². The second-order valence-electron chi connectivity index (χ2n) is 5.50. The third-order valence-corrected chi connectivity index (χ3v) is 3.53. The molecule has 0 aliphatic carbocycles. The minimum Gasteiger partial charge on any atom is -0.480 e. The van der Waals surface area contributed by atoms with E-state index in [4.69, 9.17) is 0 Å². The molecule has 2 rings (SSSR count). The van der Waals surface area contributed by atoms with Crippen molar-refractivity contribution in [1.82, 2.24) is 5.32 Å². The first-order valence-electron chi connectivity index (χ1n) is 7.45. The van der Waals surface area contributed by atoms with Crippen molar-refractivity contribution in [2.24, 2.45) is 0 Å². The number of amides is 1. The zero-order valence-corrected chi connectivity index (χ0v) is 13.3. The molecule has 1 amide bonds. The molecule has 0 heterocycles. The largest absolute Gasteiger partial charge is 0.480 e. The fourth-order valence-corrected chi connectivity index (χ4v) is 2.43. The van der Waals surface area contributed by atoms with Crippen molar-refractivity contribution in [3.05, 3.63) is 75.3 Å². The second-order valence-corrected chi connectivity index (χ2v) is 5.50. The van der Waals surface area contributed by atoms with E-state index in [0.717, 1.165) is 12.1 Å². The van der Waals surface area contributed by atoms with Crippen molar-refractivity contribution in [3.63, 3.8) is 0 Å². The van der Waals surface area contributed by atoms with Crippen molar-refractivity contribution < 1.29 is 28.4 Å². The van der Waals surface area contributed by atoms with E-state index in [1.54, 1.807) is 0 Å². The average Bonchev–Trinajstić information content (AvgIpc) is 2.53. The van der Waals surface area contributed by atoms with E-state index < -0.39 is 40.9 Å². The first kappa shape index (κ1) is 19.0. The Morgan fingerprint density at radius 3 is 2.35 bits per heavy atom. The van der Waals surface area contributed by atoms with Gasteiger partial charge in [0.05, 0.1) is 11.3 Å². The maximum absolute atomic E-state index is 13.1. The van der Waals surface area contributed by atoms with Crippen molar-refractivity contribution in [2.75, 3.05) is 0 Å². The molecule has 0 radical (unpaired) electrons. The second kappa shape index (κ2) is 8.15. The van der Waals surface area contributed by atoms with Crippen LogP contribution in [0.25, 0.3) is 0 Å². The molecule has 0 bridgehead atoms. The lowest BCUT2D eigenvalue weighted by molar-refractivity contribution is -0.385. The fourth-order valence-electron chi connectivity index (χ4n) is 2.43. The number of carboxylic acids is 1. The Morgan fingerprint density at radius 2 is 1.77 bits per heavy atom. The normalized spacial score (nSPS) is 11.6. The van der Waals surface area contributed by atoms with E-state index in [2.05, 4.69) is 5.32 Å². The Balaban J connectivity index is 2.12. The number of nitro groups is 1. The number of aliphatic carboxylic acids is 1. The Morgan fingerprint density at radius 1 is 1.15 bits per heavy atom. The molecule has 2 aromatic carbocycles. The van der Waals surface area contributed by atoms with Gasteiger partial charge < -0.3 is 10.4 Å². The number of carbonyl (C=O) groups excluding carboxylic acids is 1. The van der Waals surface area contributed by atoms with E-state index in [9.17, 15) is 33.6 Å². The summed E-state index contributed by atoms with van der Waals surface area (Å²) in [6.07, 6.45) is -0.745. The van der Waals surface area contributed by atoms with Gasteiger partial charge in [-0.25, -0.2) is 13.6 Å². The van der Waals surface area contributed by atoms with Crippen LogP contribution in [0.1, 0.15) is 11.1 Å². The predicted molar refractivity (Wildman–Crippen MR) is 86.4 cm³/mol. The number of para-hydroxylation sites is 1. The van der Waals surface area contributed by atoms with Crippen LogP contribution in [-0.4, -0.2) is 27.9 Å². The minimum absolute atomic E-state index is 0.0369. The van der Waals surface area contributed by atoms with E-state index in [-0.39, 0.29) is 23.2 Å². The van der Waals surface area contributed by atoms with Crippen LogP contribution in [0.2, 0.25) is 0 Å². The fraction of sp³-hybridized carbons (Fsp3) is 0.176. The molecule has 0 fully saturated rings. The summed E-state index contributed by atoms with van der Waals surface area (Å²) in [6.45, 7) is 0. The first-order valence-corrected chi connectivity index (χ1v) is 7.45. The molecule has 0 saturated heterocycles. The smallest absolute Gasteiger partial charge is 0.326 e. The third-order valence-electron chi connectivity index (χ3n) is 3.53. The van der Waals surface area contributed by atoms with Gasteiger partial charge in [-0.05, 0) is 17.7 Å². The van der Waals surface area contributed by atoms with Crippen LogP contribution in [-0.2, 0) is 22.4 Å². The van der Waals surface area contributed by atoms with Crippen LogP contribution in [0.4, 0.5) is 14.5 Å². The quantitative estimate of drug-likeness (QED) is 0.578. The molecule has 0 spiro atoms. The highest BCUT2D eigenvalue weighted by Gasteiger charge is 2.24. The summed E-state index contributed by atoms with van der Waals surface area (Å²) in [4.78, 5) is 33.7. The van der Waals surface area contributed by atoms with Crippen LogP contribution in [0, 0.1) is 21.7 Å². The number of rotatable bonds is 7. The van der Waals surface area contributed by atoms with Crippen molar-refractivity contribution >= 4 is 17.6 Å².